The van der Waals surface area contributed by atoms with E-state index in [2.05, 4.69) is 9.36 Å². The fraction of sp³-hybridized carbons (Fsp3) is 0.700. The third-order valence-electron chi connectivity index (χ3n) is 3.16. The minimum absolute atomic E-state index is 0.561. The van der Waals surface area contributed by atoms with Gasteiger partial charge in [-0.2, -0.15) is 4.37 Å². The molecule has 88 valence electrons. The molecule has 5 nitrogen and oxygen atoms in total. The standard InChI is InChI=1S/C10H15N3O2S/c1-2-3-10(8(14)15)4-5-13(6-10)9-11-7-12-16-9/h7H,2-6H2,1H3,(H,14,15). The van der Waals surface area contributed by atoms with Crippen molar-refractivity contribution in [2.24, 2.45) is 5.41 Å². The van der Waals surface area contributed by atoms with E-state index in [9.17, 15) is 9.90 Å². The number of carboxylic acid groups (broad SMARTS) is 1. The van der Waals surface area contributed by atoms with Crippen molar-refractivity contribution in [3.63, 3.8) is 0 Å². The van der Waals surface area contributed by atoms with Gasteiger partial charge in [-0.15, -0.1) is 0 Å². The van der Waals surface area contributed by atoms with Crippen molar-refractivity contribution < 1.29 is 9.90 Å². The summed E-state index contributed by atoms with van der Waals surface area (Å²) in [5.41, 5.74) is -0.583. The molecular weight excluding hydrogens is 226 g/mol. The van der Waals surface area contributed by atoms with Gasteiger partial charge >= 0.3 is 5.97 Å². The number of hydrogen-bond donors (Lipinski definition) is 1. The Morgan fingerprint density at radius 2 is 2.56 bits per heavy atom. The number of aliphatic carboxylic acids is 1. The van der Waals surface area contributed by atoms with Crippen LogP contribution in [0, 0.1) is 5.41 Å². The van der Waals surface area contributed by atoms with Crippen molar-refractivity contribution in [2.75, 3.05) is 18.0 Å². The molecule has 1 aliphatic rings. The number of aromatic nitrogens is 2. The molecule has 2 rings (SSSR count). The Morgan fingerprint density at radius 3 is 3.12 bits per heavy atom. The molecular formula is C10H15N3O2S. The Hall–Kier alpha value is -1.17. The molecule has 1 saturated heterocycles. The highest BCUT2D eigenvalue weighted by Gasteiger charge is 2.44. The lowest BCUT2D eigenvalue weighted by Gasteiger charge is -2.23. The van der Waals surface area contributed by atoms with Crippen LogP contribution in [0.3, 0.4) is 0 Å². The fourth-order valence-corrected chi connectivity index (χ4v) is 2.86. The zero-order chi connectivity index (χ0) is 11.6. The van der Waals surface area contributed by atoms with E-state index >= 15 is 0 Å². The van der Waals surface area contributed by atoms with Gasteiger partial charge in [0.25, 0.3) is 0 Å². The maximum absolute atomic E-state index is 11.4. The predicted octanol–water partition coefficient (Wildman–Crippen LogP) is 1.62. The Kier molecular flexibility index (Phi) is 3.09. The highest BCUT2D eigenvalue weighted by molar-refractivity contribution is 7.09. The summed E-state index contributed by atoms with van der Waals surface area (Å²) in [5, 5.41) is 10.2. The summed E-state index contributed by atoms with van der Waals surface area (Å²) < 4.78 is 3.95. The average molecular weight is 241 g/mol. The van der Waals surface area contributed by atoms with Crippen LogP contribution in [0.2, 0.25) is 0 Å². The predicted molar refractivity (Wildman–Crippen MR) is 61.7 cm³/mol. The van der Waals surface area contributed by atoms with Gasteiger partial charge in [0, 0.05) is 24.6 Å². The van der Waals surface area contributed by atoms with E-state index in [0.717, 1.165) is 24.5 Å². The number of anilines is 1. The molecule has 1 N–H and O–H groups in total. The molecule has 0 saturated carbocycles. The van der Waals surface area contributed by atoms with Crippen molar-refractivity contribution in [3.05, 3.63) is 6.33 Å². The van der Waals surface area contributed by atoms with Gasteiger partial charge < -0.3 is 10.0 Å². The molecule has 0 aliphatic carbocycles. The minimum Gasteiger partial charge on any atom is -0.481 e. The van der Waals surface area contributed by atoms with Crippen LogP contribution in [0.25, 0.3) is 0 Å². The first-order valence-electron chi connectivity index (χ1n) is 5.43. The summed E-state index contributed by atoms with van der Waals surface area (Å²) in [4.78, 5) is 17.5. The van der Waals surface area contributed by atoms with Gasteiger partial charge in [0.2, 0.25) is 5.13 Å². The maximum atomic E-state index is 11.4. The molecule has 0 bridgehead atoms. The van der Waals surface area contributed by atoms with Crippen molar-refractivity contribution in [1.29, 1.82) is 0 Å². The lowest BCUT2D eigenvalue weighted by atomic mass is 9.83. The third-order valence-corrected chi connectivity index (χ3v) is 3.88. The van der Waals surface area contributed by atoms with Crippen LogP contribution in [0.4, 0.5) is 5.13 Å². The van der Waals surface area contributed by atoms with Crippen LogP contribution in [-0.4, -0.2) is 33.5 Å². The number of nitrogens with zero attached hydrogens (tertiary/aromatic N) is 3. The lowest BCUT2D eigenvalue weighted by Crippen LogP contribution is -2.34. The van der Waals surface area contributed by atoms with Crippen molar-refractivity contribution in [3.8, 4) is 0 Å². The lowest BCUT2D eigenvalue weighted by molar-refractivity contribution is -0.148. The van der Waals surface area contributed by atoms with Crippen LogP contribution in [-0.2, 0) is 4.79 Å². The Balaban J connectivity index is 2.13. The van der Waals surface area contributed by atoms with Crippen molar-refractivity contribution >= 4 is 22.6 Å². The van der Waals surface area contributed by atoms with E-state index in [1.807, 2.05) is 11.8 Å². The summed E-state index contributed by atoms with van der Waals surface area (Å²) in [6.07, 6.45) is 3.85. The Labute approximate surface area is 98.3 Å². The van der Waals surface area contributed by atoms with Gasteiger partial charge in [0.15, 0.2) is 0 Å². The number of hydrogen-bond acceptors (Lipinski definition) is 5. The van der Waals surface area contributed by atoms with Crippen molar-refractivity contribution in [2.45, 2.75) is 26.2 Å². The molecule has 0 amide bonds. The molecule has 1 unspecified atom stereocenters. The summed E-state index contributed by atoms with van der Waals surface area (Å²) in [6, 6.07) is 0. The first-order valence-corrected chi connectivity index (χ1v) is 6.20. The highest BCUT2D eigenvalue weighted by atomic mass is 32.1. The van der Waals surface area contributed by atoms with Gasteiger partial charge in [-0.3, -0.25) is 4.79 Å². The van der Waals surface area contributed by atoms with E-state index in [1.54, 1.807) is 0 Å². The second-order valence-corrected chi connectivity index (χ2v) is 4.99. The van der Waals surface area contributed by atoms with Gasteiger partial charge in [-0.05, 0) is 12.8 Å². The van der Waals surface area contributed by atoms with Gasteiger partial charge in [-0.25, -0.2) is 4.98 Å². The molecule has 2 heterocycles. The molecule has 1 aromatic heterocycles. The van der Waals surface area contributed by atoms with E-state index in [0.29, 0.717) is 13.0 Å². The van der Waals surface area contributed by atoms with E-state index in [1.165, 1.54) is 17.9 Å². The Morgan fingerprint density at radius 1 is 1.75 bits per heavy atom. The molecule has 16 heavy (non-hydrogen) atoms. The second-order valence-electron chi connectivity index (χ2n) is 4.23. The van der Waals surface area contributed by atoms with Gasteiger partial charge in [-0.1, -0.05) is 13.3 Å². The largest absolute Gasteiger partial charge is 0.481 e. The molecule has 6 heteroatoms. The fourth-order valence-electron chi connectivity index (χ4n) is 2.31. The first-order chi connectivity index (χ1) is 7.68. The zero-order valence-electron chi connectivity index (χ0n) is 9.22. The SMILES string of the molecule is CCCC1(C(=O)O)CCN(c2ncns2)C1. The monoisotopic (exact) mass is 241 g/mol. The second kappa shape index (κ2) is 4.37. The van der Waals surface area contributed by atoms with Gasteiger partial charge in [0.05, 0.1) is 5.41 Å². The molecule has 0 radical (unpaired) electrons. The van der Waals surface area contributed by atoms with E-state index in [-0.39, 0.29) is 0 Å². The smallest absolute Gasteiger partial charge is 0.311 e. The van der Waals surface area contributed by atoms with Crippen LogP contribution < -0.4 is 4.90 Å². The van der Waals surface area contributed by atoms with E-state index < -0.39 is 11.4 Å². The molecule has 1 aliphatic heterocycles. The van der Waals surface area contributed by atoms with Crippen LogP contribution in [0.5, 0.6) is 0 Å². The highest BCUT2D eigenvalue weighted by Crippen LogP contribution is 2.37. The normalized spacial score (nSPS) is 24.9. The number of carboxylic acids is 1. The summed E-state index contributed by atoms with van der Waals surface area (Å²) in [5.74, 6) is -0.679. The summed E-state index contributed by atoms with van der Waals surface area (Å²) in [7, 11) is 0. The van der Waals surface area contributed by atoms with Crippen LogP contribution in [0.15, 0.2) is 6.33 Å². The molecule has 0 spiro atoms. The topological polar surface area (TPSA) is 66.3 Å². The summed E-state index contributed by atoms with van der Waals surface area (Å²) >= 11 is 1.32. The van der Waals surface area contributed by atoms with Crippen LogP contribution in [0.1, 0.15) is 26.2 Å². The molecule has 1 aromatic rings. The van der Waals surface area contributed by atoms with E-state index in [4.69, 9.17) is 0 Å². The Bertz CT molecular complexity index is 368. The average Bonchev–Trinajstić information content (AvgIpc) is 2.84. The molecule has 1 fully saturated rings. The quantitative estimate of drug-likeness (QED) is 0.867. The summed E-state index contributed by atoms with van der Waals surface area (Å²) in [6.45, 7) is 3.35. The zero-order valence-corrected chi connectivity index (χ0v) is 10.0. The van der Waals surface area contributed by atoms with Crippen LogP contribution >= 0.6 is 11.5 Å². The van der Waals surface area contributed by atoms with Crippen molar-refractivity contribution in [1.82, 2.24) is 9.36 Å². The molecule has 0 aromatic carbocycles. The molecule has 1 atom stereocenters. The third kappa shape index (κ3) is 1.89. The maximum Gasteiger partial charge on any atom is 0.311 e. The minimum atomic E-state index is -0.679. The first kappa shape index (κ1) is 11.3. The number of carbonyl (C=O) groups is 1. The van der Waals surface area contributed by atoms with Gasteiger partial charge in [0.1, 0.15) is 6.33 Å². The number of rotatable bonds is 4.